The number of ether oxygens (including phenoxy) is 2. The van der Waals surface area contributed by atoms with Crippen molar-refractivity contribution in [3.8, 4) is 11.5 Å². The molecule has 1 rings (SSSR count). The van der Waals surface area contributed by atoms with E-state index >= 15 is 0 Å². The van der Waals surface area contributed by atoms with E-state index in [1.807, 2.05) is 0 Å². The molecule has 0 bridgehead atoms. The van der Waals surface area contributed by atoms with Crippen molar-refractivity contribution in [1.29, 1.82) is 0 Å². The van der Waals surface area contributed by atoms with Crippen molar-refractivity contribution in [1.82, 2.24) is 0 Å². The first-order valence-corrected chi connectivity index (χ1v) is 4.78. The van der Waals surface area contributed by atoms with E-state index in [0.717, 1.165) is 0 Å². The lowest BCUT2D eigenvalue weighted by atomic mass is 9.98. The Labute approximate surface area is 93.8 Å². The van der Waals surface area contributed by atoms with Crippen molar-refractivity contribution in [2.45, 2.75) is 5.92 Å². The second kappa shape index (κ2) is 5.37. The highest BCUT2D eigenvalue weighted by atomic mass is 16.5. The summed E-state index contributed by atoms with van der Waals surface area (Å²) in [5.41, 5.74) is 6.13. The SMILES string of the molecule is COC(=O)C(CN)c1ccc(O)cc1OC. The molecular weight excluding hydrogens is 210 g/mol. The quantitative estimate of drug-likeness (QED) is 0.734. The van der Waals surface area contributed by atoms with Crippen LogP contribution < -0.4 is 10.5 Å². The van der Waals surface area contributed by atoms with Gasteiger partial charge in [-0.15, -0.1) is 0 Å². The van der Waals surface area contributed by atoms with Crippen molar-refractivity contribution < 1.29 is 19.4 Å². The van der Waals surface area contributed by atoms with Crippen LogP contribution in [0.25, 0.3) is 0 Å². The Morgan fingerprint density at radius 2 is 2.19 bits per heavy atom. The molecule has 1 aromatic carbocycles. The van der Waals surface area contributed by atoms with Gasteiger partial charge in [0.05, 0.1) is 20.1 Å². The Hall–Kier alpha value is -1.75. The van der Waals surface area contributed by atoms with E-state index in [4.69, 9.17) is 10.5 Å². The van der Waals surface area contributed by atoms with Crippen molar-refractivity contribution in [2.75, 3.05) is 20.8 Å². The van der Waals surface area contributed by atoms with E-state index < -0.39 is 11.9 Å². The minimum atomic E-state index is -0.583. The number of rotatable bonds is 4. The van der Waals surface area contributed by atoms with Gasteiger partial charge in [0.15, 0.2) is 0 Å². The summed E-state index contributed by atoms with van der Waals surface area (Å²) >= 11 is 0. The molecule has 0 heterocycles. The molecule has 0 aliphatic heterocycles. The van der Waals surface area contributed by atoms with E-state index in [-0.39, 0.29) is 12.3 Å². The summed E-state index contributed by atoms with van der Waals surface area (Å²) in [4.78, 5) is 11.5. The molecule has 0 fully saturated rings. The molecule has 0 saturated heterocycles. The van der Waals surface area contributed by atoms with E-state index in [2.05, 4.69) is 4.74 Å². The number of benzene rings is 1. The fraction of sp³-hybridized carbons (Fsp3) is 0.364. The first kappa shape index (κ1) is 12.3. The summed E-state index contributed by atoms with van der Waals surface area (Å²) in [6, 6.07) is 4.51. The number of methoxy groups -OCH3 is 2. The maximum absolute atomic E-state index is 11.5. The molecule has 3 N–H and O–H groups in total. The van der Waals surface area contributed by atoms with Crippen LogP contribution in [0.3, 0.4) is 0 Å². The minimum absolute atomic E-state index is 0.0706. The second-order valence-electron chi connectivity index (χ2n) is 3.24. The van der Waals surface area contributed by atoms with Gasteiger partial charge in [0.2, 0.25) is 0 Å². The molecule has 0 spiro atoms. The van der Waals surface area contributed by atoms with Crippen molar-refractivity contribution >= 4 is 5.97 Å². The molecule has 0 radical (unpaired) electrons. The minimum Gasteiger partial charge on any atom is -0.508 e. The zero-order valence-electron chi connectivity index (χ0n) is 9.27. The Morgan fingerprint density at radius 1 is 1.50 bits per heavy atom. The molecular formula is C11H15NO4. The topological polar surface area (TPSA) is 81.8 Å². The van der Waals surface area contributed by atoms with Gasteiger partial charge >= 0.3 is 5.97 Å². The Balaban J connectivity index is 3.14. The van der Waals surface area contributed by atoms with Crippen molar-refractivity contribution in [3.63, 3.8) is 0 Å². The highest BCUT2D eigenvalue weighted by Gasteiger charge is 2.23. The van der Waals surface area contributed by atoms with Crippen LogP contribution in [0.4, 0.5) is 0 Å². The summed E-state index contributed by atoms with van der Waals surface area (Å²) in [6.45, 7) is 0.119. The van der Waals surface area contributed by atoms with Crippen LogP contribution >= 0.6 is 0 Å². The van der Waals surface area contributed by atoms with Crippen LogP contribution in [0, 0.1) is 0 Å². The van der Waals surface area contributed by atoms with Crippen LogP contribution in [0.2, 0.25) is 0 Å². The zero-order chi connectivity index (χ0) is 12.1. The second-order valence-corrected chi connectivity index (χ2v) is 3.24. The van der Waals surface area contributed by atoms with Crippen molar-refractivity contribution in [3.05, 3.63) is 23.8 Å². The van der Waals surface area contributed by atoms with Crippen LogP contribution in [0.5, 0.6) is 11.5 Å². The molecule has 0 aromatic heterocycles. The van der Waals surface area contributed by atoms with Gasteiger partial charge < -0.3 is 20.3 Å². The molecule has 1 unspecified atom stereocenters. The number of phenols is 1. The average Bonchev–Trinajstić information content (AvgIpc) is 2.31. The maximum atomic E-state index is 11.5. The van der Waals surface area contributed by atoms with E-state index in [1.165, 1.54) is 26.4 Å². The molecule has 16 heavy (non-hydrogen) atoms. The molecule has 0 aliphatic carbocycles. The van der Waals surface area contributed by atoms with E-state index in [0.29, 0.717) is 11.3 Å². The normalized spacial score (nSPS) is 11.9. The Morgan fingerprint density at radius 3 is 2.69 bits per heavy atom. The third kappa shape index (κ3) is 2.43. The first-order valence-electron chi connectivity index (χ1n) is 4.78. The number of phenolic OH excluding ortho intramolecular Hbond substituents is 1. The number of carbonyl (C=O) groups is 1. The van der Waals surface area contributed by atoms with Crippen LogP contribution in [-0.2, 0) is 9.53 Å². The summed E-state index contributed by atoms with van der Waals surface area (Å²) in [5.74, 6) is -0.519. The fourth-order valence-electron chi connectivity index (χ4n) is 1.48. The van der Waals surface area contributed by atoms with E-state index in [9.17, 15) is 9.90 Å². The van der Waals surface area contributed by atoms with Gasteiger partial charge in [0.1, 0.15) is 11.5 Å². The molecule has 0 aliphatic rings. The molecule has 0 amide bonds. The predicted octanol–water partition coefficient (Wildman–Crippen LogP) is 0.616. The molecule has 5 nitrogen and oxygen atoms in total. The van der Waals surface area contributed by atoms with Gasteiger partial charge in [-0.3, -0.25) is 4.79 Å². The molecule has 0 saturated carbocycles. The summed E-state index contributed by atoms with van der Waals surface area (Å²) in [5, 5.41) is 9.29. The van der Waals surface area contributed by atoms with Crippen molar-refractivity contribution in [2.24, 2.45) is 5.73 Å². The fourth-order valence-corrected chi connectivity index (χ4v) is 1.48. The number of nitrogens with two attached hydrogens (primary N) is 1. The standard InChI is InChI=1S/C11H15NO4/c1-15-10-5-7(13)3-4-8(10)9(6-12)11(14)16-2/h3-5,9,13H,6,12H2,1-2H3. The number of aromatic hydroxyl groups is 1. The largest absolute Gasteiger partial charge is 0.508 e. The number of esters is 1. The lowest BCUT2D eigenvalue weighted by Gasteiger charge is -2.16. The van der Waals surface area contributed by atoms with Gasteiger partial charge in [-0.05, 0) is 6.07 Å². The van der Waals surface area contributed by atoms with Gasteiger partial charge in [-0.1, -0.05) is 6.07 Å². The van der Waals surface area contributed by atoms with E-state index in [1.54, 1.807) is 6.07 Å². The maximum Gasteiger partial charge on any atom is 0.314 e. The average molecular weight is 225 g/mol. The van der Waals surface area contributed by atoms with Gasteiger partial charge in [0.25, 0.3) is 0 Å². The number of hydrogen-bond acceptors (Lipinski definition) is 5. The Kier molecular flexibility index (Phi) is 4.13. The van der Waals surface area contributed by atoms with Crippen LogP contribution in [0.15, 0.2) is 18.2 Å². The van der Waals surface area contributed by atoms with Crippen LogP contribution in [0.1, 0.15) is 11.5 Å². The smallest absolute Gasteiger partial charge is 0.314 e. The highest BCUT2D eigenvalue weighted by Crippen LogP contribution is 2.30. The summed E-state index contributed by atoms with van der Waals surface area (Å²) in [7, 11) is 2.76. The predicted molar refractivity (Wildman–Crippen MR) is 58.5 cm³/mol. The van der Waals surface area contributed by atoms with Gasteiger partial charge in [-0.2, -0.15) is 0 Å². The number of carbonyl (C=O) groups excluding carboxylic acids is 1. The monoisotopic (exact) mass is 225 g/mol. The molecule has 88 valence electrons. The van der Waals surface area contributed by atoms with Gasteiger partial charge in [-0.25, -0.2) is 0 Å². The third-order valence-electron chi connectivity index (χ3n) is 2.31. The summed E-state index contributed by atoms with van der Waals surface area (Å²) in [6.07, 6.45) is 0. The molecule has 5 heteroatoms. The lowest BCUT2D eigenvalue weighted by molar-refractivity contribution is -0.142. The molecule has 1 atom stereocenters. The zero-order valence-corrected chi connectivity index (χ0v) is 9.27. The number of hydrogen-bond donors (Lipinski definition) is 2. The third-order valence-corrected chi connectivity index (χ3v) is 2.31. The van der Waals surface area contributed by atoms with Crippen LogP contribution in [-0.4, -0.2) is 31.8 Å². The Bertz CT molecular complexity index is 378. The first-order chi connectivity index (χ1) is 7.63. The molecule has 1 aromatic rings. The highest BCUT2D eigenvalue weighted by molar-refractivity contribution is 5.79. The lowest BCUT2D eigenvalue weighted by Crippen LogP contribution is -2.23. The van der Waals surface area contributed by atoms with Gasteiger partial charge in [0, 0.05) is 18.2 Å². The summed E-state index contributed by atoms with van der Waals surface area (Å²) < 4.78 is 9.73.